The third-order valence-electron chi connectivity index (χ3n) is 4.91. The van der Waals surface area contributed by atoms with Crippen molar-refractivity contribution in [3.05, 3.63) is 96.1 Å². The van der Waals surface area contributed by atoms with Gasteiger partial charge in [-0.25, -0.2) is 16.8 Å². The summed E-state index contributed by atoms with van der Waals surface area (Å²) in [4.78, 5) is -1.35. The van der Waals surface area contributed by atoms with Gasteiger partial charge in [-0.1, -0.05) is 29.9 Å². The molecule has 0 saturated heterocycles. The number of rotatable bonds is 4. The van der Waals surface area contributed by atoms with Gasteiger partial charge >= 0.3 is 32.8 Å². The summed E-state index contributed by atoms with van der Waals surface area (Å²) >= 11 is 0. The Balaban J connectivity index is 0.000000568. The first kappa shape index (κ1) is 37.7. The average molecular weight is 705 g/mol. The fraction of sp³-hybridized carbons (Fsp3) is 0.280. The molecule has 3 rings (SSSR count). The van der Waals surface area contributed by atoms with Crippen molar-refractivity contribution < 1.29 is 72.7 Å². The molecule has 0 fully saturated rings. The minimum Gasteiger partial charge on any atom is -0.744 e. The zero-order chi connectivity index (χ0) is 29.9. The summed E-state index contributed by atoms with van der Waals surface area (Å²) in [7, 11) is -9.36. The second-order valence-corrected chi connectivity index (χ2v) is 10.7. The van der Waals surface area contributed by atoms with Crippen molar-refractivity contribution in [2.45, 2.75) is 54.2 Å². The second kappa shape index (κ2) is 16.2. The Morgan fingerprint density at radius 1 is 0.700 bits per heavy atom. The van der Waals surface area contributed by atoms with E-state index in [-0.39, 0.29) is 20.4 Å². The topological polar surface area (TPSA) is 114 Å². The van der Waals surface area contributed by atoms with Gasteiger partial charge in [0.2, 0.25) is 0 Å². The van der Waals surface area contributed by atoms with E-state index in [1.54, 1.807) is 5.57 Å². The van der Waals surface area contributed by atoms with Gasteiger partial charge in [0.05, 0.1) is 20.9 Å². The summed E-state index contributed by atoms with van der Waals surface area (Å²) in [5.74, 6) is 0. The van der Waals surface area contributed by atoms with Crippen LogP contribution in [0, 0.1) is 0 Å². The first-order chi connectivity index (χ1) is 17.9. The van der Waals surface area contributed by atoms with Crippen molar-refractivity contribution >= 4 is 20.2 Å². The van der Waals surface area contributed by atoms with E-state index in [0.29, 0.717) is 48.5 Å². The first-order valence-corrected chi connectivity index (χ1v) is 13.9. The summed E-state index contributed by atoms with van der Waals surface area (Å²) in [6.45, 7) is 3.75. The molecule has 0 unspecified atom stereocenters. The van der Waals surface area contributed by atoms with Gasteiger partial charge in [0.25, 0.3) is 0 Å². The quantitative estimate of drug-likeness (QED) is 0.149. The van der Waals surface area contributed by atoms with Crippen LogP contribution in [0.15, 0.2) is 94.8 Å². The largest absolute Gasteiger partial charge is 2.00 e. The summed E-state index contributed by atoms with van der Waals surface area (Å²) in [6, 6.07) is 4.71. The van der Waals surface area contributed by atoms with E-state index < -0.39 is 53.5 Å². The fourth-order valence-electron chi connectivity index (χ4n) is 2.98. The maximum Gasteiger partial charge on any atom is 2.00 e. The van der Waals surface area contributed by atoms with Gasteiger partial charge in [0.15, 0.2) is 0 Å². The molecule has 224 valence electrons. The summed E-state index contributed by atoms with van der Waals surface area (Å²) < 4.78 is 134. The number of alkyl halides is 6. The van der Waals surface area contributed by atoms with Crippen LogP contribution in [0.3, 0.4) is 0 Å². The van der Waals surface area contributed by atoms with E-state index in [1.165, 1.54) is 25.7 Å². The molecule has 0 heterocycles. The van der Waals surface area contributed by atoms with Gasteiger partial charge in [-0.15, -0.1) is 6.58 Å². The molecule has 0 aromatic heterocycles. The van der Waals surface area contributed by atoms with Crippen molar-refractivity contribution in [3.8, 4) is 0 Å². The van der Waals surface area contributed by atoms with E-state index >= 15 is 0 Å². The summed E-state index contributed by atoms with van der Waals surface area (Å²) in [5.41, 5.74) is -0.431. The molecule has 6 nitrogen and oxygen atoms in total. The third kappa shape index (κ3) is 14.4. The van der Waals surface area contributed by atoms with E-state index in [2.05, 4.69) is 24.8 Å². The molecule has 0 N–H and O–H groups in total. The second-order valence-electron chi connectivity index (χ2n) is 7.90. The van der Waals surface area contributed by atoms with Crippen LogP contribution >= 0.6 is 0 Å². The van der Waals surface area contributed by atoms with Crippen LogP contribution in [0.2, 0.25) is 0 Å². The smallest absolute Gasteiger partial charge is 0.744 e. The van der Waals surface area contributed by atoms with Crippen molar-refractivity contribution in [3.63, 3.8) is 0 Å². The zero-order valence-electron chi connectivity index (χ0n) is 20.5. The van der Waals surface area contributed by atoms with E-state index in [9.17, 15) is 52.3 Å². The molecule has 15 heteroatoms. The summed E-state index contributed by atoms with van der Waals surface area (Å²) in [5, 5.41) is 0. The Morgan fingerprint density at radius 2 is 1.07 bits per heavy atom. The fourth-order valence-corrected chi connectivity index (χ4v) is 3.92. The minimum absolute atomic E-state index is 0. The van der Waals surface area contributed by atoms with Gasteiger partial charge < -0.3 is 9.11 Å². The van der Waals surface area contributed by atoms with Crippen molar-refractivity contribution in [2.75, 3.05) is 0 Å². The monoisotopic (exact) mass is 704 g/mol. The van der Waals surface area contributed by atoms with Crippen LogP contribution in [0.4, 0.5) is 26.3 Å². The molecule has 40 heavy (non-hydrogen) atoms. The molecule has 0 spiro atoms. The van der Waals surface area contributed by atoms with E-state index in [1.807, 2.05) is 6.08 Å². The molecule has 0 saturated carbocycles. The molecule has 0 radical (unpaired) electrons. The SMILES string of the molecule is C=CC/C1=C/CC/C=C\CC1.O=S(=O)([O-])c1ccc(C(F)(F)F)cc1.O=S(=O)([O-])c1ccc(C(F)(F)F)cc1.[Pd+2]. The Morgan fingerprint density at radius 3 is 1.40 bits per heavy atom. The van der Waals surface area contributed by atoms with Crippen molar-refractivity contribution in [1.29, 1.82) is 0 Å². The van der Waals surface area contributed by atoms with Crippen molar-refractivity contribution in [2.24, 2.45) is 0 Å². The van der Waals surface area contributed by atoms with Crippen LogP contribution in [0.1, 0.15) is 43.2 Å². The molecule has 0 atom stereocenters. The maximum absolute atomic E-state index is 12.0. The van der Waals surface area contributed by atoms with Crippen LogP contribution < -0.4 is 0 Å². The molecule has 0 amide bonds. The minimum atomic E-state index is -4.68. The predicted molar refractivity (Wildman–Crippen MR) is 129 cm³/mol. The van der Waals surface area contributed by atoms with Gasteiger partial charge in [0, 0.05) is 0 Å². The average Bonchev–Trinajstić information content (AvgIpc) is 2.80. The Bertz CT molecular complexity index is 1260. The standard InChI is InChI=1S/C11H16.2C7H5F3O3S.Pd/c1-2-8-11-9-6-4-3-5-7-10-11;2*8-7(9,10)5-1-3-6(4-2-5)14(11,12)13;/h2-4,10H,1,5-9H2;2*1-4H,(H,11,12,13);/q;;;+2/p-2/b4-3-,11-10-;;;. The molecule has 0 aliphatic heterocycles. The molecular formula is C25H24F6O6PdS2. The van der Waals surface area contributed by atoms with Gasteiger partial charge in [0.1, 0.15) is 20.2 Å². The third-order valence-corrected chi connectivity index (χ3v) is 6.61. The van der Waals surface area contributed by atoms with Gasteiger partial charge in [-0.2, -0.15) is 26.3 Å². The number of hydrogen-bond donors (Lipinski definition) is 0. The number of allylic oxidation sites excluding steroid dienone is 5. The van der Waals surface area contributed by atoms with Crippen LogP contribution in [0.5, 0.6) is 0 Å². The van der Waals surface area contributed by atoms with Gasteiger partial charge in [-0.05, 0) is 80.6 Å². The molecule has 2 aromatic rings. The van der Waals surface area contributed by atoms with E-state index in [4.69, 9.17) is 0 Å². The number of hydrogen-bond acceptors (Lipinski definition) is 6. The molecule has 1 aliphatic carbocycles. The number of benzene rings is 2. The van der Waals surface area contributed by atoms with Gasteiger partial charge in [-0.3, -0.25) is 0 Å². The molecule has 2 aromatic carbocycles. The molecular weight excluding hydrogens is 681 g/mol. The first-order valence-electron chi connectivity index (χ1n) is 11.1. The van der Waals surface area contributed by atoms with Crippen molar-refractivity contribution in [1.82, 2.24) is 0 Å². The summed E-state index contributed by atoms with van der Waals surface area (Å²) in [6.07, 6.45) is 5.78. The number of halogens is 6. The normalized spacial score (nSPS) is 16.1. The Hall–Kier alpha value is -2.28. The Kier molecular flexibility index (Phi) is 15.3. The van der Waals surface area contributed by atoms with Crippen LogP contribution in [-0.2, 0) is 53.0 Å². The van der Waals surface area contributed by atoms with E-state index in [0.717, 1.165) is 6.42 Å². The van der Waals surface area contributed by atoms with Crippen LogP contribution in [0.25, 0.3) is 0 Å². The molecule has 0 bridgehead atoms. The maximum atomic E-state index is 12.0. The Labute approximate surface area is 242 Å². The van der Waals surface area contributed by atoms with Crippen LogP contribution in [-0.4, -0.2) is 25.9 Å². The molecule has 1 aliphatic rings. The predicted octanol–water partition coefficient (Wildman–Crippen LogP) is 6.84. The zero-order valence-corrected chi connectivity index (χ0v) is 23.7.